The average molecular weight is 301 g/mol. The lowest BCUT2D eigenvalue weighted by Gasteiger charge is -2.25. The van der Waals surface area contributed by atoms with Crippen LogP contribution >= 0.6 is 0 Å². The normalized spacial score (nSPS) is 13.5. The van der Waals surface area contributed by atoms with Gasteiger partial charge in [-0.2, -0.15) is 0 Å². The number of amides is 1. The van der Waals surface area contributed by atoms with Crippen LogP contribution in [0.25, 0.3) is 0 Å². The molecule has 110 valence electrons. The zero-order valence-corrected chi connectivity index (χ0v) is 13.3. The maximum absolute atomic E-state index is 12.5. The van der Waals surface area contributed by atoms with E-state index in [9.17, 15) is 9.00 Å². The van der Waals surface area contributed by atoms with Gasteiger partial charge in [0.05, 0.1) is 6.04 Å². The van der Waals surface area contributed by atoms with Gasteiger partial charge in [0, 0.05) is 34.6 Å². The van der Waals surface area contributed by atoms with E-state index in [2.05, 4.69) is 0 Å². The topological polar surface area (TPSA) is 37.4 Å². The molecule has 0 fully saturated rings. The molecular formula is C17H19NO2S. The Bertz CT molecular complexity index is 638. The van der Waals surface area contributed by atoms with Crippen molar-refractivity contribution >= 4 is 16.7 Å². The molecule has 3 nitrogen and oxygen atoms in total. The molecule has 0 aliphatic heterocycles. The first-order valence-corrected chi connectivity index (χ1v) is 8.32. The molecule has 0 saturated heterocycles. The minimum atomic E-state index is -1.02. The van der Waals surface area contributed by atoms with Gasteiger partial charge in [0.25, 0.3) is 5.91 Å². The van der Waals surface area contributed by atoms with Gasteiger partial charge in [-0.3, -0.25) is 9.00 Å². The molecule has 0 saturated carbocycles. The van der Waals surface area contributed by atoms with Crippen molar-refractivity contribution < 1.29 is 9.00 Å². The first kappa shape index (κ1) is 15.4. The van der Waals surface area contributed by atoms with E-state index in [-0.39, 0.29) is 11.9 Å². The molecule has 1 amide bonds. The van der Waals surface area contributed by atoms with Crippen molar-refractivity contribution in [2.75, 3.05) is 13.3 Å². The first-order valence-electron chi connectivity index (χ1n) is 6.76. The predicted molar refractivity (Wildman–Crippen MR) is 85.7 cm³/mol. The first-order chi connectivity index (χ1) is 10.0. The Kier molecular flexibility index (Phi) is 4.91. The average Bonchev–Trinajstić information content (AvgIpc) is 2.53. The van der Waals surface area contributed by atoms with Crippen LogP contribution in [0.2, 0.25) is 0 Å². The Morgan fingerprint density at radius 1 is 1.05 bits per heavy atom. The summed E-state index contributed by atoms with van der Waals surface area (Å²) in [6.07, 6.45) is 1.63. The summed E-state index contributed by atoms with van der Waals surface area (Å²) in [6, 6.07) is 16.9. The Labute approximate surface area is 128 Å². The van der Waals surface area contributed by atoms with Gasteiger partial charge in [0.2, 0.25) is 0 Å². The van der Waals surface area contributed by atoms with E-state index in [1.54, 1.807) is 42.5 Å². The largest absolute Gasteiger partial charge is 0.335 e. The van der Waals surface area contributed by atoms with Crippen molar-refractivity contribution in [3.8, 4) is 0 Å². The number of rotatable bonds is 4. The quantitative estimate of drug-likeness (QED) is 0.869. The molecule has 2 unspecified atom stereocenters. The molecule has 21 heavy (non-hydrogen) atoms. The summed E-state index contributed by atoms with van der Waals surface area (Å²) in [4.78, 5) is 14.9. The number of hydrogen-bond donors (Lipinski definition) is 0. The van der Waals surface area contributed by atoms with Crippen LogP contribution in [0.1, 0.15) is 28.9 Å². The van der Waals surface area contributed by atoms with Gasteiger partial charge in [-0.15, -0.1) is 0 Å². The zero-order chi connectivity index (χ0) is 15.4. The number of nitrogens with zero attached hydrogens (tertiary/aromatic N) is 1. The van der Waals surface area contributed by atoms with Crippen molar-refractivity contribution in [1.29, 1.82) is 0 Å². The molecule has 0 spiro atoms. The van der Waals surface area contributed by atoms with E-state index in [1.165, 1.54) is 0 Å². The van der Waals surface area contributed by atoms with Crippen LogP contribution in [0.15, 0.2) is 59.5 Å². The molecule has 0 N–H and O–H groups in total. The monoisotopic (exact) mass is 301 g/mol. The van der Waals surface area contributed by atoms with Gasteiger partial charge in [0.15, 0.2) is 0 Å². The van der Waals surface area contributed by atoms with E-state index in [1.807, 2.05) is 37.3 Å². The summed E-state index contributed by atoms with van der Waals surface area (Å²) >= 11 is 0. The van der Waals surface area contributed by atoms with Crippen molar-refractivity contribution in [2.45, 2.75) is 17.9 Å². The Morgan fingerprint density at radius 3 is 2.14 bits per heavy atom. The molecular weight excluding hydrogens is 282 g/mol. The number of carbonyl (C=O) groups excluding carboxylic acids is 1. The highest BCUT2D eigenvalue weighted by Gasteiger charge is 2.18. The Balaban J connectivity index is 2.17. The smallest absolute Gasteiger partial charge is 0.254 e. The predicted octanol–water partition coefficient (Wildman–Crippen LogP) is 3.26. The lowest BCUT2D eigenvalue weighted by molar-refractivity contribution is 0.0742. The molecule has 0 heterocycles. The number of hydrogen-bond acceptors (Lipinski definition) is 2. The maximum atomic E-state index is 12.5. The lowest BCUT2D eigenvalue weighted by Crippen LogP contribution is -2.29. The minimum Gasteiger partial charge on any atom is -0.335 e. The van der Waals surface area contributed by atoms with Crippen molar-refractivity contribution in [3.05, 3.63) is 65.7 Å². The zero-order valence-electron chi connectivity index (χ0n) is 12.4. The van der Waals surface area contributed by atoms with Gasteiger partial charge in [0.1, 0.15) is 0 Å². The molecule has 0 bridgehead atoms. The molecule has 2 aromatic carbocycles. The van der Waals surface area contributed by atoms with Gasteiger partial charge in [-0.05, 0) is 36.8 Å². The third kappa shape index (κ3) is 3.58. The summed E-state index contributed by atoms with van der Waals surface area (Å²) < 4.78 is 11.4. The van der Waals surface area contributed by atoms with Crippen LogP contribution in [0.3, 0.4) is 0 Å². The van der Waals surface area contributed by atoms with Gasteiger partial charge in [-0.25, -0.2) is 0 Å². The Morgan fingerprint density at radius 2 is 1.62 bits per heavy atom. The molecule has 2 atom stereocenters. The van der Waals surface area contributed by atoms with Crippen molar-refractivity contribution in [2.24, 2.45) is 0 Å². The second kappa shape index (κ2) is 6.68. The van der Waals surface area contributed by atoms with Gasteiger partial charge >= 0.3 is 0 Å². The highest BCUT2D eigenvalue weighted by atomic mass is 32.2. The highest BCUT2D eigenvalue weighted by Crippen LogP contribution is 2.20. The number of carbonyl (C=O) groups is 1. The second-order valence-electron chi connectivity index (χ2n) is 4.98. The molecule has 0 radical (unpaired) electrons. The fourth-order valence-corrected chi connectivity index (χ4v) is 2.64. The Hall–Kier alpha value is -1.94. The molecule has 0 aliphatic carbocycles. The number of benzene rings is 2. The van der Waals surface area contributed by atoms with Gasteiger partial charge < -0.3 is 4.90 Å². The summed E-state index contributed by atoms with van der Waals surface area (Å²) in [5.41, 5.74) is 1.70. The molecule has 2 aromatic rings. The van der Waals surface area contributed by atoms with E-state index in [0.29, 0.717) is 5.56 Å². The second-order valence-corrected chi connectivity index (χ2v) is 6.36. The maximum Gasteiger partial charge on any atom is 0.254 e. The lowest BCUT2D eigenvalue weighted by atomic mass is 10.1. The van der Waals surface area contributed by atoms with E-state index in [4.69, 9.17) is 0 Å². The van der Waals surface area contributed by atoms with E-state index < -0.39 is 10.8 Å². The summed E-state index contributed by atoms with van der Waals surface area (Å²) in [7, 11) is 0.773. The van der Waals surface area contributed by atoms with Crippen LogP contribution in [0, 0.1) is 0 Å². The molecule has 0 aromatic heterocycles. The SMILES string of the molecule is CC(c1ccccc1)N(C)C(=O)c1ccc(S(C)=O)cc1. The highest BCUT2D eigenvalue weighted by molar-refractivity contribution is 7.84. The van der Waals surface area contributed by atoms with Crippen LogP contribution in [-0.4, -0.2) is 28.3 Å². The molecule has 2 rings (SSSR count). The summed E-state index contributed by atoms with van der Waals surface area (Å²) in [5.74, 6) is -0.0419. The minimum absolute atomic E-state index is 0.00122. The van der Waals surface area contributed by atoms with Crippen LogP contribution < -0.4 is 0 Å². The van der Waals surface area contributed by atoms with Crippen molar-refractivity contribution in [1.82, 2.24) is 4.90 Å². The standard InChI is InChI=1S/C17H19NO2S/c1-13(14-7-5-4-6-8-14)18(2)17(19)15-9-11-16(12-10-15)21(3)20/h4-13H,1-3H3. The summed E-state index contributed by atoms with van der Waals surface area (Å²) in [6.45, 7) is 2.00. The van der Waals surface area contributed by atoms with E-state index >= 15 is 0 Å². The third-order valence-corrected chi connectivity index (χ3v) is 4.55. The molecule has 0 aliphatic rings. The van der Waals surface area contributed by atoms with Crippen LogP contribution in [0.5, 0.6) is 0 Å². The molecule has 4 heteroatoms. The fourth-order valence-electron chi connectivity index (χ4n) is 2.12. The van der Waals surface area contributed by atoms with E-state index in [0.717, 1.165) is 10.5 Å². The van der Waals surface area contributed by atoms with Gasteiger partial charge in [-0.1, -0.05) is 30.3 Å². The fraction of sp³-hybridized carbons (Fsp3) is 0.235. The van der Waals surface area contributed by atoms with Crippen LogP contribution in [-0.2, 0) is 10.8 Å². The van der Waals surface area contributed by atoms with Crippen molar-refractivity contribution in [3.63, 3.8) is 0 Å². The summed E-state index contributed by atoms with van der Waals surface area (Å²) in [5, 5.41) is 0. The third-order valence-electron chi connectivity index (χ3n) is 3.62. The van der Waals surface area contributed by atoms with Crippen LogP contribution in [0.4, 0.5) is 0 Å².